The van der Waals surface area contributed by atoms with Gasteiger partial charge in [-0.25, -0.2) is 0 Å². The molecule has 0 saturated carbocycles. The number of nitrogens with two attached hydrogens (primary N) is 1. The monoisotopic (exact) mass is 145 g/mol. The van der Waals surface area contributed by atoms with Gasteiger partial charge in [-0.05, 0) is 13.3 Å². The first-order chi connectivity index (χ1) is 4.81. The van der Waals surface area contributed by atoms with Crippen molar-refractivity contribution in [3.63, 3.8) is 0 Å². The maximum absolute atomic E-state index is 10.6. The van der Waals surface area contributed by atoms with Gasteiger partial charge in [-0.3, -0.25) is 4.79 Å². The van der Waals surface area contributed by atoms with Gasteiger partial charge in [-0.2, -0.15) is 0 Å². The van der Waals surface area contributed by atoms with E-state index in [1.165, 1.54) is 0 Å². The van der Waals surface area contributed by atoms with Crippen LogP contribution in [-0.2, 0) is 9.53 Å². The molecule has 0 aliphatic carbocycles. The fraction of sp³-hybridized carbons (Fsp3) is 0.857. The van der Waals surface area contributed by atoms with Crippen LogP contribution in [0.3, 0.4) is 0 Å². The Labute approximate surface area is 61.5 Å². The van der Waals surface area contributed by atoms with Crippen LogP contribution in [0, 0.1) is 0 Å². The molecule has 0 bridgehead atoms. The number of Topliss-reactive ketones (excluding diaryl/α,β-unsaturated/α-hetero) is 1. The number of rotatable bonds is 6. The van der Waals surface area contributed by atoms with E-state index in [1.807, 2.05) is 6.92 Å². The smallest absolute Gasteiger partial charge is 0.146 e. The zero-order valence-electron chi connectivity index (χ0n) is 6.43. The minimum absolute atomic E-state index is 0.111. The molecule has 0 spiro atoms. The zero-order chi connectivity index (χ0) is 7.82. The van der Waals surface area contributed by atoms with Crippen molar-refractivity contribution in [3.8, 4) is 0 Å². The second kappa shape index (κ2) is 6.71. The lowest BCUT2D eigenvalue weighted by Gasteiger charge is -1.98. The number of hydrogen-bond donors (Lipinski definition) is 1. The van der Waals surface area contributed by atoms with E-state index in [-0.39, 0.29) is 12.3 Å². The van der Waals surface area contributed by atoms with E-state index in [4.69, 9.17) is 10.5 Å². The fourth-order valence-electron chi connectivity index (χ4n) is 0.618. The molecule has 60 valence electrons. The van der Waals surface area contributed by atoms with Crippen molar-refractivity contribution in [2.75, 3.05) is 19.8 Å². The highest BCUT2D eigenvalue weighted by molar-refractivity contribution is 5.80. The minimum Gasteiger partial charge on any atom is -0.382 e. The van der Waals surface area contributed by atoms with Crippen molar-refractivity contribution in [3.05, 3.63) is 0 Å². The van der Waals surface area contributed by atoms with Crippen molar-refractivity contribution in [2.24, 2.45) is 5.73 Å². The summed E-state index contributed by atoms with van der Waals surface area (Å²) in [5, 5.41) is 0. The zero-order valence-corrected chi connectivity index (χ0v) is 6.43. The summed E-state index contributed by atoms with van der Waals surface area (Å²) < 4.78 is 5.04. The minimum atomic E-state index is 0.111. The highest BCUT2D eigenvalue weighted by atomic mass is 16.5. The third-order valence-electron chi connectivity index (χ3n) is 1.18. The summed E-state index contributed by atoms with van der Waals surface area (Å²) in [6.07, 6.45) is 1.35. The molecule has 0 aromatic heterocycles. The molecule has 0 radical (unpaired) electrons. The first-order valence-electron chi connectivity index (χ1n) is 3.60. The number of carbonyl (C=O) groups excluding carboxylic acids is 1. The average molecular weight is 145 g/mol. The molecule has 0 heterocycles. The second-order valence-electron chi connectivity index (χ2n) is 2.04. The van der Waals surface area contributed by atoms with Crippen LogP contribution in [-0.4, -0.2) is 25.5 Å². The van der Waals surface area contributed by atoms with Gasteiger partial charge in [0, 0.05) is 19.6 Å². The van der Waals surface area contributed by atoms with Gasteiger partial charge in [0.05, 0.1) is 6.54 Å². The van der Waals surface area contributed by atoms with Crippen LogP contribution >= 0.6 is 0 Å². The normalized spacial score (nSPS) is 9.80. The van der Waals surface area contributed by atoms with Crippen LogP contribution in [0.5, 0.6) is 0 Å². The maximum Gasteiger partial charge on any atom is 0.146 e. The second-order valence-corrected chi connectivity index (χ2v) is 2.04. The molecule has 0 atom stereocenters. The Bertz CT molecular complexity index is 93.6. The van der Waals surface area contributed by atoms with Crippen molar-refractivity contribution in [1.29, 1.82) is 0 Å². The summed E-state index contributed by atoms with van der Waals surface area (Å²) in [7, 11) is 0. The molecule has 0 aliphatic rings. The maximum atomic E-state index is 10.6. The summed E-state index contributed by atoms with van der Waals surface area (Å²) in [5.74, 6) is 0.111. The average Bonchev–Trinajstić information content (AvgIpc) is 1.98. The van der Waals surface area contributed by atoms with Gasteiger partial charge in [0.15, 0.2) is 0 Å². The molecule has 3 nitrogen and oxygen atoms in total. The van der Waals surface area contributed by atoms with E-state index >= 15 is 0 Å². The Morgan fingerprint density at radius 2 is 2.30 bits per heavy atom. The van der Waals surface area contributed by atoms with Crippen LogP contribution in [0.15, 0.2) is 0 Å². The number of ketones is 1. The lowest BCUT2D eigenvalue weighted by Crippen LogP contribution is -2.13. The lowest BCUT2D eigenvalue weighted by molar-refractivity contribution is -0.118. The Morgan fingerprint density at radius 3 is 2.80 bits per heavy atom. The molecule has 3 heteroatoms. The summed E-state index contributed by atoms with van der Waals surface area (Å²) in [6.45, 7) is 3.48. The van der Waals surface area contributed by atoms with Gasteiger partial charge >= 0.3 is 0 Å². The highest BCUT2D eigenvalue weighted by Crippen LogP contribution is 1.90. The highest BCUT2D eigenvalue weighted by Gasteiger charge is 1.96. The molecule has 0 aromatic carbocycles. The van der Waals surface area contributed by atoms with E-state index < -0.39 is 0 Å². The largest absolute Gasteiger partial charge is 0.382 e. The van der Waals surface area contributed by atoms with Crippen molar-refractivity contribution >= 4 is 5.78 Å². The Balaban J connectivity index is 2.96. The van der Waals surface area contributed by atoms with Gasteiger partial charge in [0.2, 0.25) is 0 Å². The molecular formula is C7H15NO2. The Morgan fingerprint density at radius 1 is 1.60 bits per heavy atom. The topological polar surface area (TPSA) is 52.3 Å². The van der Waals surface area contributed by atoms with Gasteiger partial charge in [0.1, 0.15) is 5.78 Å². The van der Waals surface area contributed by atoms with Crippen molar-refractivity contribution < 1.29 is 9.53 Å². The number of carbonyl (C=O) groups is 1. The van der Waals surface area contributed by atoms with Crippen LogP contribution in [0.25, 0.3) is 0 Å². The van der Waals surface area contributed by atoms with Crippen LogP contribution in [0.1, 0.15) is 19.8 Å². The third kappa shape index (κ3) is 5.72. The summed E-state index contributed by atoms with van der Waals surface area (Å²) in [6, 6.07) is 0. The summed E-state index contributed by atoms with van der Waals surface area (Å²) in [5.41, 5.74) is 5.10. The molecule has 0 rings (SSSR count). The first kappa shape index (κ1) is 9.59. The molecule has 0 fully saturated rings. The first-order valence-corrected chi connectivity index (χ1v) is 3.60. The fourth-order valence-corrected chi connectivity index (χ4v) is 0.618. The predicted octanol–water partition coefficient (Wildman–Crippen LogP) is 0.331. The molecule has 10 heavy (non-hydrogen) atoms. The van der Waals surface area contributed by atoms with Gasteiger partial charge in [-0.1, -0.05) is 0 Å². The summed E-state index contributed by atoms with van der Waals surface area (Å²) in [4.78, 5) is 10.6. The molecule has 0 saturated heterocycles. The predicted molar refractivity (Wildman–Crippen MR) is 39.8 cm³/mol. The Kier molecular flexibility index (Phi) is 6.43. The molecule has 0 aromatic rings. The van der Waals surface area contributed by atoms with E-state index in [2.05, 4.69) is 0 Å². The molecule has 0 amide bonds. The van der Waals surface area contributed by atoms with Gasteiger partial charge in [0.25, 0.3) is 0 Å². The molecular weight excluding hydrogens is 130 g/mol. The van der Waals surface area contributed by atoms with E-state index in [9.17, 15) is 4.79 Å². The van der Waals surface area contributed by atoms with Crippen LogP contribution in [0.4, 0.5) is 0 Å². The van der Waals surface area contributed by atoms with Gasteiger partial charge in [-0.15, -0.1) is 0 Å². The quantitative estimate of drug-likeness (QED) is 0.548. The lowest BCUT2D eigenvalue weighted by atomic mass is 10.2. The molecule has 0 aliphatic heterocycles. The third-order valence-corrected chi connectivity index (χ3v) is 1.18. The van der Waals surface area contributed by atoms with Crippen LogP contribution < -0.4 is 5.73 Å². The molecule has 2 N–H and O–H groups in total. The number of ether oxygens (including phenoxy) is 1. The van der Waals surface area contributed by atoms with Crippen LogP contribution in [0.2, 0.25) is 0 Å². The SMILES string of the molecule is CCOCCCC(=O)CN. The van der Waals surface area contributed by atoms with E-state index in [1.54, 1.807) is 0 Å². The standard InChI is InChI=1S/C7H15NO2/c1-2-10-5-3-4-7(9)6-8/h2-6,8H2,1H3. The van der Waals surface area contributed by atoms with E-state index in [0.29, 0.717) is 13.0 Å². The van der Waals surface area contributed by atoms with Crippen molar-refractivity contribution in [1.82, 2.24) is 0 Å². The van der Waals surface area contributed by atoms with Crippen molar-refractivity contribution in [2.45, 2.75) is 19.8 Å². The Hall–Kier alpha value is -0.410. The summed E-state index contributed by atoms with van der Waals surface area (Å²) >= 11 is 0. The van der Waals surface area contributed by atoms with E-state index in [0.717, 1.165) is 13.0 Å². The van der Waals surface area contributed by atoms with Gasteiger partial charge < -0.3 is 10.5 Å². The number of hydrogen-bond acceptors (Lipinski definition) is 3. The molecule has 0 unspecified atom stereocenters.